The van der Waals surface area contributed by atoms with E-state index in [0.717, 1.165) is 30.8 Å². The van der Waals surface area contributed by atoms with Crippen LogP contribution in [-0.4, -0.2) is 13.2 Å². The second-order valence-corrected chi connectivity index (χ2v) is 5.51. The Kier molecular flexibility index (Phi) is 9.63. The average molecular weight is 327 g/mol. The molecule has 1 aromatic carbocycles. The molecular formula is C14H22Cl3NO. The lowest BCUT2D eigenvalue weighted by molar-refractivity contribution is 0.335. The Morgan fingerprint density at radius 3 is 2.53 bits per heavy atom. The van der Waals surface area contributed by atoms with Gasteiger partial charge in [0.05, 0.1) is 11.6 Å². The van der Waals surface area contributed by atoms with Crippen LogP contribution in [0.15, 0.2) is 12.1 Å². The molecule has 0 aliphatic rings. The summed E-state index contributed by atoms with van der Waals surface area (Å²) in [6.07, 6.45) is 1.15. The predicted octanol–water partition coefficient (Wildman–Crippen LogP) is 4.95. The molecule has 110 valence electrons. The maximum Gasteiger partial charge on any atom is 0.142 e. The van der Waals surface area contributed by atoms with Crippen molar-refractivity contribution in [1.82, 2.24) is 5.32 Å². The van der Waals surface area contributed by atoms with E-state index < -0.39 is 0 Å². The molecular weight excluding hydrogens is 305 g/mol. The summed E-state index contributed by atoms with van der Waals surface area (Å²) in [7, 11) is 0. The predicted molar refractivity (Wildman–Crippen MR) is 86.0 cm³/mol. The summed E-state index contributed by atoms with van der Waals surface area (Å²) in [4.78, 5) is 0. The molecule has 0 atom stereocenters. The third-order valence-electron chi connectivity index (χ3n) is 2.59. The molecule has 0 aromatic heterocycles. The second kappa shape index (κ2) is 9.71. The minimum Gasteiger partial charge on any atom is -0.492 e. The fourth-order valence-corrected chi connectivity index (χ4v) is 2.25. The van der Waals surface area contributed by atoms with Crippen LogP contribution in [0.5, 0.6) is 5.75 Å². The van der Waals surface area contributed by atoms with Gasteiger partial charge in [0.2, 0.25) is 0 Å². The molecule has 0 fully saturated rings. The van der Waals surface area contributed by atoms with Crippen molar-refractivity contribution in [3.63, 3.8) is 0 Å². The van der Waals surface area contributed by atoms with Crippen LogP contribution in [-0.2, 0) is 6.54 Å². The van der Waals surface area contributed by atoms with Gasteiger partial charge in [0.1, 0.15) is 5.75 Å². The summed E-state index contributed by atoms with van der Waals surface area (Å²) >= 11 is 12.2. The molecule has 5 heteroatoms. The van der Waals surface area contributed by atoms with Gasteiger partial charge in [0, 0.05) is 17.1 Å². The zero-order chi connectivity index (χ0) is 13.5. The number of benzene rings is 1. The van der Waals surface area contributed by atoms with E-state index in [4.69, 9.17) is 27.9 Å². The largest absolute Gasteiger partial charge is 0.492 e. The highest BCUT2D eigenvalue weighted by molar-refractivity contribution is 6.35. The van der Waals surface area contributed by atoms with Crippen LogP contribution in [0.2, 0.25) is 10.0 Å². The summed E-state index contributed by atoms with van der Waals surface area (Å²) in [6.45, 7) is 8.67. The van der Waals surface area contributed by atoms with Crippen LogP contribution in [0.3, 0.4) is 0 Å². The van der Waals surface area contributed by atoms with Crippen LogP contribution >= 0.6 is 35.6 Å². The van der Waals surface area contributed by atoms with E-state index in [1.807, 2.05) is 13.0 Å². The molecule has 0 amide bonds. The van der Waals surface area contributed by atoms with Gasteiger partial charge in [0.25, 0.3) is 0 Å². The highest BCUT2D eigenvalue weighted by Crippen LogP contribution is 2.32. The zero-order valence-corrected chi connectivity index (χ0v) is 14.0. The topological polar surface area (TPSA) is 21.3 Å². The Morgan fingerprint density at radius 1 is 1.26 bits per heavy atom. The van der Waals surface area contributed by atoms with Gasteiger partial charge < -0.3 is 10.1 Å². The number of rotatable bonds is 7. The number of nitrogens with one attached hydrogen (secondary N) is 1. The zero-order valence-electron chi connectivity index (χ0n) is 11.6. The molecule has 0 spiro atoms. The molecule has 0 aliphatic carbocycles. The van der Waals surface area contributed by atoms with Gasteiger partial charge >= 0.3 is 0 Å². The Morgan fingerprint density at radius 2 is 1.95 bits per heavy atom. The standard InChI is InChI=1S/C14H21Cl2NO.ClH/c1-4-18-14-11(7-12(15)8-13(14)16)9-17-6-5-10(2)3;/h7-8,10,17H,4-6,9H2,1-3H3;1H. The molecule has 2 nitrogen and oxygen atoms in total. The first kappa shape index (κ1) is 18.9. The van der Waals surface area contributed by atoms with Crippen molar-refractivity contribution in [2.24, 2.45) is 5.92 Å². The number of hydrogen-bond acceptors (Lipinski definition) is 2. The van der Waals surface area contributed by atoms with Crippen LogP contribution < -0.4 is 10.1 Å². The highest BCUT2D eigenvalue weighted by Gasteiger charge is 2.10. The van der Waals surface area contributed by atoms with Crippen molar-refractivity contribution in [1.29, 1.82) is 0 Å². The van der Waals surface area contributed by atoms with E-state index in [0.29, 0.717) is 22.6 Å². The smallest absolute Gasteiger partial charge is 0.142 e. The quantitative estimate of drug-likeness (QED) is 0.716. The van der Waals surface area contributed by atoms with Crippen molar-refractivity contribution in [3.8, 4) is 5.75 Å². The van der Waals surface area contributed by atoms with E-state index in [1.165, 1.54) is 0 Å². The average Bonchev–Trinajstić information content (AvgIpc) is 2.28. The summed E-state index contributed by atoms with van der Waals surface area (Å²) in [5, 5.41) is 4.61. The molecule has 0 bridgehead atoms. The van der Waals surface area contributed by atoms with Gasteiger partial charge in [-0.1, -0.05) is 37.0 Å². The van der Waals surface area contributed by atoms with Gasteiger partial charge in [-0.05, 0) is 37.9 Å². The summed E-state index contributed by atoms with van der Waals surface area (Å²) < 4.78 is 5.57. The maximum atomic E-state index is 6.14. The molecule has 0 saturated heterocycles. The lowest BCUT2D eigenvalue weighted by atomic mass is 10.1. The monoisotopic (exact) mass is 325 g/mol. The Hall–Kier alpha value is -0.150. The molecule has 19 heavy (non-hydrogen) atoms. The summed E-state index contributed by atoms with van der Waals surface area (Å²) in [5.74, 6) is 1.44. The lowest BCUT2D eigenvalue weighted by Gasteiger charge is -2.14. The van der Waals surface area contributed by atoms with Crippen molar-refractivity contribution in [2.45, 2.75) is 33.7 Å². The van der Waals surface area contributed by atoms with Gasteiger partial charge in [-0.15, -0.1) is 12.4 Å². The van der Waals surface area contributed by atoms with Gasteiger partial charge in [-0.2, -0.15) is 0 Å². The van der Waals surface area contributed by atoms with Crippen LogP contribution in [0.1, 0.15) is 32.8 Å². The Labute approximate surface area is 132 Å². The summed E-state index contributed by atoms with van der Waals surface area (Å²) in [6, 6.07) is 3.62. The Bertz CT molecular complexity index is 383. The normalized spacial score (nSPS) is 10.4. The van der Waals surface area contributed by atoms with Gasteiger partial charge in [0.15, 0.2) is 0 Å². The fourth-order valence-electron chi connectivity index (χ4n) is 1.66. The second-order valence-electron chi connectivity index (χ2n) is 4.67. The number of ether oxygens (including phenoxy) is 1. The van der Waals surface area contributed by atoms with E-state index >= 15 is 0 Å². The fraction of sp³-hybridized carbons (Fsp3) is 0.571. The minimum atomic E-state index is 0. The van der Waals surface area contributed by atoms with Gasteiger partial charge in [-0.25, -0.2) is 0 Å². The molecule has 0 aliphatic heterocycles. The first-order valence-corrected chi connectivity index (χ1v) is 7.11. The first-order chi connectivity index (χ1) is 8.54. The van der Waals surface area contributed by atoms with Crippen molar-refractivity contribution in [3.05, 3.63) is 27.7 Å². The highest BCUT2D eigenvalue weighted by atomic mass is 35.5. The van der Waals surface area contributed by atoms with E-state index in [9.17, 15) is 0 Å². The molecule has 0 unspecified atom stereocenters. The van der Waals surface area contributed by atoms with Crippen molar-refractivity contribution < 1.29 is 4.74 Å². The molecule has 1 aromatic rings. The molecule has 0 heterocycles. The van der Waals surface area contributed by atoms with Gasteiger partial charge in [-0.3, -0.25) is 0 Å². The van der Waals surface area contributed by atoms with Crippen LogP contribution in [0, 0.1) is 5.92 Å². The van der Waals surface area contributed by atoms with E-state index in [2.05, 4.69) is 19.2 Å². The van der Waals surface area contributed by atoms with Crippen LogP contribution in [0.25, 0.3) is 0 Å². The number of hydrogen-bond donors (Lipinski definition) is 1. The maximum absolute atomic E-state index is 6.14. The SMILES string of the molecule is CCOc1c(Cl)cc(Cl)cc1CNCCC(C)C.Cl. The molecule has 0 radical (unpaired) electrons. The van der Waals surface area contributed by atoms with E-state index in [1.54, 1.807) is 6.07 Å². The third-order valence-corrected chi connectivity index (χ3v) is 3.09. The summed E-state index contributed by atoms with van der Waals surface area (Å²) in [5.41, 5.74) is 1.01. The number of halogens is 3. The molecule has 1 N–H and O–H groups in total. The first-order valence-electron chi connectivity index (χ1n) is 6.36. The Balaban J connectivity index is 0.00000324. The molecule has 1 rings (SSSR count). The van der Waals surface area contributed by atoms with Crippen molar-refractivity contribution in [2.75, 3.05) is 13.2 Å². The lowest BCUT2D eigenvalue weighted by Crippen LogP contribution is -2.17. The van der Waals surface area contributed by atoms with Crippen molar-refractivity contribution >= 4 is 35.6 Å². The third kappa shape index (κ3) is 6.71. The van der Waals surface area contributed by atoms with E-state index in [-0.39, 0.29) is 12.4 Å². The molecule has 0 saturated carbocycles. The minimum absolute atomic E-state index is 0. The van der Waals surface area contributed by atoms with Crippen LogP contribution in [0.4, 0.5) is 0 Å².